The Labute approximate surface area is 185 Å². The second kappa shape index (κ2) is 9.25. The van der Waals surface area contributed by atoms with Gasteiger partial charge in [0.15, 0.2) is 0 Å². The molecule has 1 aliphatic heterocycles. The number of carbonyl (C=O) groups excluding carboxylic acids is 1. The second-order valence-electron chi connectivity index (χ2n) is 8.17. The van der Waals surface area contributed by atoms with Crippen LogP contribution < -0.4 is 5.32 Å². The van der Waals surface area contributed by atoms with Gasteiger partial charge in [-0.25, -0.2) is 21.6 Å². The lowest BCUT2D eigenvalue weighted by molar-refractivity contribution is -0.0856. The maximum atomic E-state index is 13.9. The first-order chi connectivity index (χ1) is 14.5. The minimum atomic E-state index is -3.32. The SMILES string of the molecule is CCS(=O)(=O)N1CCN(C2(CNC(=O)c3cc(F)ccc3Cl)CCC(F)(F)CC2)CC1. The van der Waals surface area contributed by atoms with Gasteiger partial charge in [-0.2, -0.15) is 4.31 Å². The lowest BCUT2D eigenvalue weighted by Crippen LogP contribution is -2.63. The topological polar surface area (TPSA) is 69.7 Å². The smallest absolute Gasteiger partial charge is 0.252 e. The molecule has 6 nitrogen and oxygen atoms in total. The molecule has 1 heterocycles. The number of nitrogens with zero attached hydrogens (tertiary/aromatic N) is 2. The van der Waals surface area contributed by atoms with E-state index < -0.39 is 33.2 Å². The standard InChI is InChI=1S/C20H27ClF3N3O3S/c1-2-31(29,30)27-11-9-26(10-12-27)19(5-7-20(23,24)8-6-19)14-25-18(28)16-13-15(22)3-4-17(16)21/h3-4,13H,2,5-12,14H2,1H3,(H,25,28). The molecular weight excluding hydrogens is 455 g/mol. The van der Waals surface area contributed by atoms with Crippen LogP contribution in [0.15, 0.2) is 18.2 Å². The number of alkyl halides is 2. The number of sulfonamides is 1. The van der Waals surface area contributed by atoms with Crippen molar-refractivity contribution in [1.82, 2.24) is 14.5 Å². The molecule has 0 spiro atoms. The average Bonchev–Trinajstić information content (AvgIpc) is 2.75. The number of amides is 1. The van der Waals surface area contributed by atoms with Crippen molar-refractivity contribution >= 4 is 27.5 Å². The van der Waals surface area contributed by atoms with Crippen molar-refractivity contribution < 1.29 is 26.4 Å². The van der Waals surface area contributed by atoms with Gasteiger partial charge >= 0.3 is 0 Å². The van der Waals surface area contributed by atoms with E-state index in [2.05, 4.69) is 5.32 Å². The average molecular weight is 482 g/mol. The Morgan fingerprint density at radius 2 is 1.74 bits per heavy atom. The molecule has 1 aromatic rings. The van der Waals surface area contributed by atoms with E-state index in [1.54, 1.807) is 6.92 Å². The lowest BCUT2D eigenvalue weighted by atomic mass is 9.78. The number of hydrogen-bond donors (Lipinski definition) is 1. The molecule has 0 bridgehead atoms. The van der Waals surface area contributed by atoms with Gasteiger partial charge in [-0.1, -0.05) is 11.6 Å². The van der Waals surface area contributed by atoms with Crippen LogP contribution >= 0.6 is 11.6 Å². The molecule has 174 valence electrons. The summed E-state index contributed by atoms with van der Waals surface area (Å²) >= 11 is 6.01. The van der Waals surface area contributed by atoms with Gasteiger partial charge in [0.25, 0.3) is 5.91 Å². The van der Waals surface area contributed by atoms with Crippen LogP contribution in [0.2, 0.25) is 5.02 Å². The van der Waals surface area contributed by atoms with Crippen molar-refractivity contribution in [2.75, 3.05) is 38.5 Å². The quantitative estimate of drug-likeness (QED) is 0.677. The summed E-state index contributed by atoms with van der Waals surface area (Å²) in [6.45, 7) is 3.01. The summed E-state index contributed by atoms with van der Waals surface area (Å²) < 4.78 is 67.0. The molecule has 0 unspecified atom stereocenters. The summed E-state index contributed by atoms with van der Waals surface area (Å²) in [7, 11) is -3.32. The predicted molar refractivity (Wildman–Crippen MR) is 112 cm³/mol. The van der Waals surface area contributed by atoms with Crippen molar-refractivity contribution in [3.8, 4) is 0 Å². The highest BCUT2D eigenvalue weighted by Gasteiger charge is 2.47. The molecule has 1 aliphatic carbocycles. The summed E-state index contributed by atoms with van der Waals surface area (Å²) in [5.41, 5.74) is -0.740. The fourth-order valence-electron chi connectivity index (χ4n) is 4.32. The van der Waals surface area contributed by atoms with Crippen molar-refractivity contribution in [3.63, 3.8) is 0 Å². The monoisotopic (exact) mass is 481 g/mol. The van der Waals surface area contributed by atoms with E-state index in [4.69, 9.17) is 11.6 Å². The minimum Gasteiger partial charge on any atom is -0.350 e. The Bertz CT molecular complexity index is 911. The molecule has 1 N–H and O–H groups in total. The van der Waals surface area contributed by atoms with Gasteiger partial charge in [0.2, 0.25) is 15.9 Å². The summed E-state index contributed by atoms with van der Waals surface area (Å²) in [6.07, 6.45) is -0.288. The van der Waals surface area contributed by atoms with Gasteiger partial charge in [0, 0.05) is 51.1 Å². The van der Waals surface area contributed by atoms with Crippen molar-refractivity contribution in [2.45, 2.75) is 44.1 Å². The fraction of sp³-hybridized carbons (Fsp3) is 0.650. The number of rotatable bonds is 6. The molecular formula is C20H27ClF3N3O3S. The van der Waals surface area contributed by atoms with Gasteiger partial charge < -0.3 is 5.32 Å². The number of benzene rings is 1. The van der Waals surface area contributed by atoms with E-state index in [9.17, 15) is 26.4 Å². The maximum Gasteiger partial charge on any atom is 0.252 e. The Kier molecular flexibility index (Phi) is 7.25. The van der Waals surface area contributed by atoms with E-state index in [-0.39, 0.29) is 61.7 Å². The van der Waals surface area contributed by atoms with Crippen LogP contribution in [0.4, 0.5) is 13.2 Å². The third-order valence-corrected chi connectivity index (χ3v) is 8.54. The molecule has 1 saturated heterocycles. The zero-order valence-electron chi connectivity index (χ0n) is 17.3. The molecule has 1 aromatic carbocycles. The first kappa shape index (κ1) is 24.3. The van der Waals surface area contributed by atoms with E-state index in [0.717, 1.165) is 12.1 Å². The van der Waals surface area contributed by atoms with Crippen LogP contribution in [-0.2, 0) is 10.0 Å². The molecule has 31 heavy (non-hydrogen) atoms. The number of nitrogens with one attached hydrogen (secondary N) is 1. The van der Waals surface area contributed by atoms with E-state index in [1.807, 2.05) is 4.90 Å². The first-order valence-corrected chi connectivity index (χ1v) is 12.3. The summed E-state index contributed by atoms with van der Waals surface area (Å²) in [6, 6.07) is 3.47. The Balaban J connectivity index is 1.74. The molecule has 1 amide bonds. The van der Waals surface area contributed by atoms with Gasteiger partial charge in [0.1, 0.15) is 5.82 Å². The molecule has 2 aliphatic rings. The van der Waals surface area contributed by atoms with Crippen LogP contribution in [0, 0.1) is 5.82 Å². The molecule has 2 fully saturated rings. The van der Waals surface area contributed by atoms with E-state index >= 15 is 0 Å². The number of carbonyl (C=O) groups is 1. The number of hydrogen-bond acceptors (Lipinski definition) is 4. The zero-order chi connectivity index (χ0) is 22.9. The van der Waals surface area contributed by atoms with Crippen molar-refractivity contribution in [1.29, 1.82) is 0 Å². The number of halogens is 4. The largest absolute Gasteiger partial charge is 0.350 e. The molecule has 1 saturated carbocycles. The van der Waals surface area contributed by atoms with Crippen molar-refractivity contribution in [2.24, 2.45) is 0 Å². The van der Waals surface area contributed by atoms with Crippen molar-refractivity contribution in [3.05, 3.63) is 34.6 Å². The van der Waals surface area contributed by atoms with Crippen LogP contribution in [-0.4, -0.2) is 73.5 Å². The predicted octanol–water partition coefficient (Wildman–Crippen LogP) is 3.12. The molecule has 0 atom stereocenters. The zero-order valence-corrected chi connectivity index (χ0v) is 18.9. The van der Waals surface area contributed by atoms with Crippen LogP contribution in [0.25, 0.3) is 0 Å². The number of piperazine rings is 1. The van der Waals surface area contributed by atoms with Gasteiger partial charge in [-0.15, -0.1) is 0 Å². The fourth-order valence-corrected chi connectivity index (χ4v) is 5.61. The normalized spacial score (nSPS) is 22.2. The summed E-state index contributed by atoms with van der Waals surface area (Å²) in [5.74, 6) is -3.93. The minimum absolute atomic E-state index is 0.00875. The second-order valence-corrected chi connectivity index (χ2v) is 10.8. The highest BCUT2D eigenvalue weighted by molar-refractivity contribution is 7.89. The molecule has 3 rings (SSSR count). The Morgan fingerprint density at radius 3 is 2.32 bits per heavy atom. The van der Waals surface area contributed by atoms with Gasteiger partial charge in [0.05, 0.1) is 16.3 Å². The van der Waals surface area contributed by atoms with Crippen LogP contribution in [0.3, 0.4) is 0 Å². The molecule has 11 heteroatoms. The van der Waals surface area contributed by atoms with E-state index in [1.165, 1.54) is 10.4 Å². The summed E-state index contributed by atoms with van der Waals surface area (Å²) in [5, 5.41) is 2.84. The van der Waals surface area contributed by atoms with Crippen LogP contribution in [0.1, 0.15) is 43.0 Å². The third kappa shape index (κ3) is 5.53. The summed E-state index contributed by atoms with van der Waals surface area (Å²) in [4.78, 5) is 14.6. The Morgan fingerprint density at radius 1 is 1.13 bits per heavy atom. The highest BCUT2D eigenvalue weighted by Crippen LogP contribution is 2.42. The maximum absolute atomic E-state index is 13.9. The Hall–Kier alpha value is -1.36. The van der Waals surface area contributed by atoms with Gasteiger partial charge in [-0.3, -0.25) is 9.69 Å². The van der Waals surface area contributed by atoms with Gasteiger partial charge in [-0.05, 0) is 38.0 Å². The first-order valence-electron chi connectivity index (χ1n) is 10.3. The third-order valence-electron chi connectivity index (χ3n) is 6.33. The highest BCUT2D eigenvalue weighted by atomic mass is 35.5. The van der Waals surface area contributed by atoms with E-state index in [0.29, 0.717) is 13.1 Å². The molecule has 0 radical (unpaired) electrons. The van der Waals surface area contributed by atoms with Crippen LogP contribution in [0.5, 0.6) is 0 Å². The molecule has 0 aromatic heterocycles. The lowest BCUT2D eigenvalue weighted by Gasteiger charge is -2.50.